The molecule has 0 aliphatic carbocycles. The van der Waals surface area contributed by atoms with Crippen LogP contribution in [0.15, 0.2) is 134 Å². The van der Waals surface area contributed by atoms with Gasteiger partial charge in [-0.3, -0.25) is 9.97 Å². The van der Waals surface area contributed by atoms with Gasteiger partial charge >= 0.3 is 7.12 Å². The molecule has 0 spiro atoms. The molecule has 0 amide bonds. The number of pyridine rings is 2. The molecule has 1 saturated heterocycles. The number of benzene rings is 4. The maximum Gasteiger partial charge on any atom is 0.494 e. The summed E-state index contributed by atoms with van der Waals surface area (Å²) in [5, 5.41) is 0. The summed E-state index contributed by atoms with van der Waals surface area (Å²) in [4.78, 5) is 19.2. The van der Waals surface area contributed by atoms with Crippen LogP contribution in [0.1, 0.15) is 27.7 Å². The molecule has 6 nitrogen and oxygen atoms in total. The molecule has 0 bridgehead atoms. The van der Waals surface area contributed by atoms with Crippen LogP contribution in [0.4, 0.5) is 13.2 Å². The second-order valence-corrected chi connectivity index (χ2v) is 13.4. The van der Waals surface area contributed by atoms with Crippen molar-refractivity contribution in [2.45, 2.75) is 38.9 Å². The van der Waals surface area contributed by atoms with Gasteiger partial charge in [-0.05, 0) is 105 Å². The van der Waals surface area contributed by atoms with Crippen molar-refractivity contribution < 1.29 is 22.5 Å². The third-order valence-corrected chi connectivity index (χ3v) is 9.34. The zero-order valence-corrected chi connectivity index (χ0v) is 29.0. The van der Waals surface area contributed by atoms with Crippen molar-refractivity contribution in [1.29, 1.82) is 0 Å². The van der Waals surface area contributed by atoms with Gasteiger partial charge in [-0.25, -0.2) is 23.1 Å². The van der Waals surface area contributed by atoms with E-state index in [1.807, 2.05) is 76.2 Å². The number of rotatable bonds is 5. The lowest BCUT2D eigenvalue weighted by molar-refractivity contribution is 0.00578. The molecule has 3 aromatic heterocycles. The standard InChI is InChI=1S/C30H18F2N4.C12H16BFO2/c31-21-11-7-19(8-12-21)23-15-16-24(20-9-13-22(32)14-10-20)28-27(23)35-29(25-5-1-3-17-33-25)30(36-28)26-6-2-4-18-34-26;1-11(2)12(3,4)16-13(15-11)9-5-7-10(14)8-6-9/h1-18H;5-8H,1-4H3. The fourth-order valence-electron chi connectivity index (χ4n) is 5.82. The van der Waals surface area contributed by atoms with Gasteiger partial charge in [0.15, 0.2) is 0 Å². The zero-order valence-electron chi connectivity index (χ0n) is 29.0. The number of nitrogens with zero attached hydrogens (tertiary/aromatic N) is 4. The molecule has 8 rings (SSSR count). The number of halogens is 3. The second kappa shape index (κ2) is 14.1. The lowest BCUT2D eigenvalue weighted by atomic mass is 9.79. The number of aromatic nitrogens is 4. The third-order valence-electron chi connectivity index (χ3n) is 9.34. The smallest absolute Gasteiger partial charge is 0.399 e. The molecule has 258 valence electrons. The largest absolute Gasteiger partial charge is 0.494 e. The molecule has 1 fully saturated rings. The average Bonchev–Trinajstić information content (AvgIpc) is 3.38. The molecule has 52 heavy (non-hydrogen) atoms. The quantitative estimate of drug-likeness (QED) is 0.167. The molecule has 1 aliphatic heterocycles. The number of fused-ring (bicyclic) bond motifs is 1. The molecule has 4 heterocycles. The van der Waals surface area contributed by atoms with E-state index in [2.05, 4.69) is 9.97 Å². The predicted octanol–water partition coefficient (Wildman–Crippen LogP) is 9.49. The Morgan fingerprint density at radius 2 is 0.865 bits per heavy atom. The van der Waals surface area contributed by atoms with E-state index in [0.717, 1.165) is 27.7 Å². The molecule has 7 aromatic rings. The molecule has 10 heteroatoms. The molecule has 0 radical (unpaired) electrons. The van der Waals surface area contributed by atoms with Crippen molar-refractivity contribution in [2.75, 3.05) is 0 Å². The molecular weight excluding hydrogens is 660 g/mol. The van der Waals surface area contributed by atoms with Crippen molar-refractivity contribution in [3.63, 3.8) is 0 Å². The minimum Gasteiger partial charge on any atom is -0.399 e. The Morgan fingerprint density at radius 1 is 0.481 bits per heavy atom. The summed E-state index contributed by atoms with van der Waals surface area (Å²) in [6.45, 7) is 7.99. The molecule has 0 N–H and O–H groups in total. The Labute approximate surface area is 300 Å². The molecule has 0 unspecified atom stereocenters. The first-order valence-electron chi connectivity index (χ1n) is 16.8. The van der Waals surface area contributed by atoms with Gasteiger partial charge in [0.05, 0.1) is 33.6 Å². The Balaban J connectivity index is 0.000000220. The van der Waals surface area contributed by atoms with Crippen molar-refractivity contribution in [2.24, 2.45) is 0 Å². The van der Waals surface area contributed by atoms with Gasteiger partial charge in [0.2, 0.25) is 0 Å². The van der Waals surface area contributed by atoms with E-state index in [-0.39, 0.29) is 28.7 Å². The van der Waals surface area contributed by atoms with Crippen LogP contribution >= 0.6 is 0 Å². The fraction of sp³-hybridized carbons (Fsp3) is 0.143. The first-order chi connectivity index (χ1) is 25.0. The van der Waals surface area contributed by atoms with Crippen LogP contribution in [0.2, 0.25) is 0 Å². The van der Waals surface area contributed by atoms with Crippen LogP contribution in [0, 0.1) is 17.5 Å². The summed E-state index contributed by atoms with van der Waals surface area (Å²) < 4.78 is 51.9. The first-order valence-corrected chi connectivity index (χ1v) is 16.8. The van der Waals surface area contributed by atoms with E-state index in [1.165, 1.54) is 36.4 Å². The SMILES string of the molecule is CC1(C)OB(c2ccc(F)cc2)OC1(C)C.Fc1ccc(-c2ccc(-c3ccc(F)cc3)c3nc(-c4ccccn4)c(-c4ccccn4)nc23)cc1. The Kier molecular flexibility index (Phi) is 9.44. The highest BCUT2D eigenvalue weighted by molar-refractivity contribution is 6.62. The van der Waals surface area contributed by atoms with E-state index >= 15 is 0 Å². The monoisotopic (exact) mass is 694 g/mol. The van der Waals surface area contributed by atoms with E-state index in [9.17, 15) is 13.2 Å². The van der Waals surface area contributed by atoms with Crippen LogP contribution < -0.4 is 5.46 Å². The molecular formula is C42H34BF3N4O2. The maximum absolute atomic E-state index is 13.7. The molecule has 0 saturated carbocycles. The molecule has 4 aromatic carbocycles. The summed E-state index contributed by atoms with van der Waals surface area (Å²) in [5.74, 6) is -0.882. The first kappa shape index (κ1) is 34.7. The van der Waals surface area contributed by atoms with Crippen molar-refractivity contribution in [1.82, 2.24) is 19.9 Å². The highest BCUT2D eigenvalue weighted by Crippen LogP contribution is 2.38. The Morgan fingerprint density at radius 3 is 1.23 bits per heavy atom. The zero-order chi connectivity index (χ0) is 36.5. The highest BCUT2D eigenvalue weighted by Gasteiger charge is 2.51. The van der Waals surface area contributed by atoms with Crippen molar-refractivity contribution in [3.8, 4) is 45.0 Å². The minimum absolute atomic E-state index is 0.250. The van der Waals surface area contributed by atoms with Gasteiger partial charge in [-0.15, -0.1) is 0 Å². The summed E-state index contributed by atoms with van der Waals surface area (Å²) in [5.41, 5.74) is 7.09. The van der Waals surface area contributed by atoms with Gasteiger partial charge in [-0.1, -0.05) is 60.7 Å². The predicted molar refractivity (Wildman–Crippen MR) is 199 cm³/mol. The van der Waals surface area contributed by atoms with E-state index < -0.39 is 7.12 Å². The number of hydrogen-bond acceptors (Lipinski definition) is 6. The minimum atomic E-state index is -0.411. The van der Waals surface area contributed by atoms with Crippen LogP contribution in [-0.2, 0) is 9.31 Å². The Hall–Kier alpha value is -5.71. The molecule has 0 atom stereocenters. The summed E-state index contributed by atoms with van der Waals surface area (Å²) in [7, 11) is -0.411. The summed E-state index contributed by atoms with van der Waals surface area (Å²) in [6.07, 6.45) is 3.42. The van der Waals surface area contributed by atoms with Gasteiger partial charge in [0.1, 0.15) is 28.8 Å². The lowest BCUT2D eigenvalue weighted by Gasteiger charge is -2.32. The fourth-order valence-corrected chi connectivity index (χ4v) is 5.82. The summed E-state index contributed by atoms with van der Waals surface area (Å²) in [6, 6.07) is 33.9. The van der Waals surface area contributed by atoms with Crippen LogP contribution in [0.3, 0.4) is 0 Å². The maximum atomic E-state index is 13.7. The van der Waals surface area contributed by atoms with Crippen LogP contribution in [0.5, 0.6) is 0 Å². The van der Waals surface area contributed by atoms with Gasteiger partial charge in [-0.2, -0.15) is 0 Å². The second-order valence-electron chi connectivity index (χ2n) is 13.4. The number of hydrogen-bond donors (Lipinski definition) is 0. The molecule has 1 aliphatic rings. The highest BCUT2D eigenvalue weighted by atomic mass is 19.1. The van der Waals surface area contributed by atoms with Gasteiger partial charge in [0, 0.05) is 23.5 Å². The van der Waals surface area contributed by atoms with Crippen LogP contribution in [0.25, 0.3) is 56.1 Å². The third kappa shape index (κ3) is 7.08. The summed E-state index contributed by atoms with van der Waals surface area (Å²) >= 11 is 0. The topological polar surface area (TPSA) is 70.0 Å². The van der Waals surface area contributed by atoms with E-state index in [0.29, 0.717) is 33.8 Å². The normalized spacial score (nSPS) is 14.6. The Bertz CT molecular complexity index is 2180. The average molecular weight is 695 g/mol. The van der Waals surface area contributed by atoms with Crippen LogP contribution in [-0.4, -0.2) is 38.3 Å². The van der Waals surface area contributed by atoms with E-state index in [1.54, 1.807) is 48.8 Å². The van der Waals surface area contributed by atoms with Gasteiger partial charge in [0.25, 0.3) is 0 Å². The van der Waals surface area contributed by atoms with Crippen molar-refractivity contribution >= 4 is 23.6 Å². The van der Waals surface area contributed by atoms with Crippen molar-refractivity contribution in [3.05, 3.63) is 151 Å². The van der Waals surface area contributed by atoms with Gasteiger partial charge < -0.3 is 9.31 Å². The van der Waals surface area contributed by atoms with E-state index in [4.69, 9.17) is 19.3 Å². The lowest BCUT2D eigenvalue weighted by Crippen LogP contribution is -2.41.